The summed E-state index contributed by atoms with van der Waals surface area (Å²) in [7, 11) is 0. The van der Waals surface area contributed by atoms with Crippen LogP contribution in [0.25, 0.3) is 0 Å². The summed E-state index contributed by atoms with van der Waals surface area (Å²) in [5.41, 5.74) is 1.42. The summed E-state index contributed by atoms with van der Waals surface area (Å²) < 4.78 is 2.31. The van der Waals surface area contributed by atoms with Crippen LogP contribution >= 0.6 is 0 Å². The van der Waals surface area contributed by atoms with Crippen LogP contribution < -0.4 is 0 Å². The molecule has 2 fully saturated rings. The van der Waals surface area contributed by atoms with Gasteiger partial charge >= 0.3 is 0 Å². The molecule has 1 saturated heterocycles. The molecule has 4 rings (SSSR count). The molecule has 0 radical (unpaired) electrons. The van der Waals surface area contributed by atoms with Crippen LogP contribution in [0.1, 0.15) is 43.8 Å². The molecule has 0 N–H and O–H groups in total. The maximum Gasteiger partial charge on any atom is 0.0662 e. The average Bonchev–Trinajstić information content (AvgIpc) is 2.95. The number of hydrogen-bond acceptors (Lipinski definition) is 3. The normalized spacial score (nSPS) is 27.9. The number of aromatic nitrogens is 2. The van der Waals surface area contributed by atoms with Crippen molar-refractivity contribution in [3.05, 3.63) is 18.0 Å². The van der Waals surface area contributed by atoms with Crippen molar-refractivity contribution in [3.63, 3.8) is 0 Å². The average molecular weight is 274 g/mol. The molecule has 2 aliphatic heterocycles. The molecular formula is C16H26N4. The van der Waals surface area contributed by atoms with E-state index < -0.39 is 0 Å². The first kappa shape index (κ1) is 12.8. The van der Waals surface area contributed by atoms with Crippen molar-refractivity contribution in [2.75, 3.05) is 32.7 Å². The molecule has 3 heterocycles. The van der Waals surface area contributed by atoms with Crippen LogP contribution in [0.3, 0.4) is 0 Å². The summed E-state index contributed by atoms with van der Waals surface area (Å²) >= 11 is 0. The van der Waals surface area contributed by atoms with E-state index >= 15 is 0 Å². The Kier molecular flexibility index (Phi) is 3.52. The number of likely N-dealkylation sites (tertiary alicyclic amines) is 1. The number of hydrogen-bond donors (Lipinski definition) is 0. The van der Waals surface area contributed by atoms with Crippen molar-refractivity contribution in [2.45, 2.75) is 44.7 Å². The van der Waals surface area contributed by atoms with Crippen LogP contribution in [0.2, 0.25) is 0 Å². The van der Waals surface area contributed by atoms with Gasteiger partial charge in [-0.05, 0) is 57.2 Å². The fraction of sp³-hybridized carbons (Fsp3) is 0.812. The Labute approximate surface area is 121 Å². The van der Waals surface area contributed by atoms with Gasteiger partial charge in [0.1, 0.15) is 0 Å². The maximum atomic E-state index is 4.58. The van der Waals surface area contributed by atoms with E-state index in [1.54, 1.807) is 0 Å². The Morgan fingerprint density at radius 2 is 2.00 bits per heavy atom. The van der Waals surface area contributed by atoms with Gasteiger partial charge in [0.05, 0.1) is 11.7 Å². The number of fused-ring (bicyclic) bond motifs is 1. The molecule has 110 valence electrons. The molecule has 3 aliphatic rings. The second kappa shape index (κ2) is 5.49. The summed E-state index contributed by atoms with van der Waals surface area (Å²) in [4.78, 5) is 5.30. The third kappa shape index (κ3) is 2.77. The van der Waals surface area contributed by atoms with Gasteiger partial charge in [0.15, 0.2) is 0 Å². The van der Waals surface area contributed by atoms with Gasteiger partial charge in [0.25, 0.3) is 0 Å². The molecule has 4 heteroatoms. The van der Waals surface area contributed by atoms with Gasteiger partial charge in [-0.25, -0.2) is 0 Å². The van der Waals surface area contributed by atoms with Crippen LogP contribution in [0, 0.1) is 5.92 Å². The van der Waals surface area contributed by atoms with E-state index in [1.807, 2.05) is 6.20 Å². The molecule has 1 saturated carbocycles. The van der Waals surface area contributed by atoms with E-state index in [0.717, 1.165) is 12.5 Å². The van der Waals surface area contributed by atoms with E-state index in [0.29, 0.717) is 6.04 Å². The van der Waals surface area contributed by atoms with Crippen molar-refractivity contribution in [1.29, 1.82) is 0 Å². The predicted octanol–water partition coefficient (Wildman–Crippen LogP) is 2.14. The molecule has 1 atom stereocenters. The Hall–Kier alpha value is -0.870. The zero-order valence-corrected chi connectivity index (χ0v) is 12.4. The van der Waals surface area contributed by atoms with Crippen molar-refractivity contribution >= 4 is 0 Å². The minimum Gasteiger partial charge on any atom is -0.303 e. The highest BCUT2D eigenvalue weighted by molar-refractivity contribution is 5.05. The van der Waals surface area contributed by atoms with Crippen LogP contribution in [-0.2, 0) is 6.54 Å². The van der Waals surface area contributed by atoms with Crippen molar-refractivity contribution in [2.24, 2.45) is 5.92 Å². The molecule has 0 amide bonds. The quantitative estimate of drug-likeness (QED) is 0.822. The molecule has 0 spiro atoms. The Morgan fingerprint density at radius 3 is 2.80 bits per heavy atom. The lowest BCUT2D eigenvalue weighted by atomic mass is 10.1. The smallest absolute Gasteiger partial charge is 0.0662 e. The highest BCUT2D eigenvalue weighted by Crippen LogP contribution is 2.32. The molecular weight excluding hydrogens is 248 g/mol. The Morgan fingerprint density at radius 1 is 1.15 bits per heavy atom. The molecule has 0 bridgehead atoms. The zero-order chi connectivity index (χ0) is 13.4. The Balaban J connectivity index is 1.40. The predicted molar refractivity (Wildman–Crippen MR) is 79.6 cm³/mol. The monoisotopic (exact) mass is 274 g/mol. The van der Waals surface area contributed by atoms with Gasteiger partial charge in [0.2, 0.25) is 0 Å². The second-order valence-corrected chi connectivity index (χ2v) is 6.90. The first-order chi connectivity index (χ1) is 9.88. The minimum atomic E-state index is 0.591. The third-order valence-electron chi connectivity index (χ3n) is 5.14. The largest absolute Gasteiger partial charge is 0.303 e. The van der Waals surface area contributed by atoms with E-state index in [-0.39, 0.29) is 0 Å². The highest BCUT2D eigenvalue weighted by atomic mass is 15.4. The Bertz CT molecular complexity index is 445. The van der Waals surface area contributed by atoms with Crippen molar-refractivity contribution in [1.82, 2.24) is 19.6 Å². The standard InChI is InChI=1S/C16H26N4/c1-2-9-18(8-1)10-6-16-13-19(11-14-3-4-14)12-15-5-7-17-20(15)16/h5,7,14,16H,1-4,6,8-13H2/t16-/m0/s1. The lowest BCUT2D eigenvalue weighted by Gasteiger charge is -2.34. The number of rotatable bonds is 5. The molecule has 4 nitrogen and oxygen atoms in total. The molecule has 0 unspecified atom stereocenters. The summed E-state index contributed by atoms with van der Waals surface area (Å²) in [5, 5.41) is 4.58. The summed E-state index contributed by atoms with van der Waals surface area (Å²) in [6.45, 7) is 7.50. The van der Waals surface area contributed by atoms with Crippen molar-refractivity contribution in [3.8, 4) is 0 Å². The summed E-state index contributed by atoms with van der Waals surface area (Å²) in [5.74, 6) is 0.990. The molecule has 1 aromatic rings. The van der Waals surface area contributed by atoms with E-state index in [2.05, 4.69) is 25.6 Å². The van der Waals surface area contributed by atoms with Gasteiger partial charge in [-0.15, -0.1) is 0 Å². The van der Waals surface area contributed by atoms with Gasteiger partial charge in [-0.2, -0.15) is 5.10 Å². The molecule has 1 aromatic heterocycles. The first-order valence-electron chi connectivity index (χ1n) is 8.35. The topological polar surface area (TPSA) is 24.3 Å². The lowest BCUT2D eigenvalue weighted by Crippen LogP contribution is -2.40. The highest BCUT2D eigenvalue weighted by Gasteiger charge is 2.30. The van der Waals surface area contributed by atoms with Crippen LogP contribution in [0.15, 0.2) is 12.3 Å². The van der Waals surface area contributed by atoms with E-state index in [9.17, 15) is 0 Å². The summed E-state index contributed by atoms with van der Waals surface area (Å²) in [6, 6.07) is 2.80. The maximum absolute atomic E-state index is 4.58. The molecule has 1 aliphatic carbocycles. The SMILES string of the molecule is c1cc2n(n1)[C@@H](CCN1CCCC1)CN(CC1CC1)C2. The second-order valence-electron chi connectivity index (χ2n) is 6.90. The van der Waals surface area contributed by atoms with Crippen molar-refractivity contribution < 1.29 is 0 Å². The van der Waals surface area contributed by atoms with Gasteiger partial charge in [-0.1, -0.05) is 0 Å². The lowest BCUT2D eigenvalue weighted by molar-refractivity contribution is 0.153. The van der Waals surface area contributed by atoms with Crippen LogP contribution in [0.5, 0.6) is 0 Å². The molecule has 0 aromatic carbocycles. The first-order valence-corrected chi connectivity index (χ1v) is 8.35. The fourth-order valence-corrected chi connectivity index (χ4v) is 3.82. The van der Waals surface area contributed by atoms with Gasteiger partial charge in [0, 0.05) is 32.4 Å². The van der Waals surface area contributed by atoms with Gasteiger partial charge in [-0.3, -0.25) is 9.58 Å². The number of nitrogens with zero attached hydrogens (tertiary/aromatic N) is 4. The fourth-order valence-electron chi connectivity index (χ4n) is 3.82. The van der Waals surface area contributed by atoms with E-state index in [1.165, 1.54) is 70.5 Å². The van der Waals surface area contributed by atoms with E-state index in [4.69, 9.17) is 0 Å². The van der Waals surface area contributed by atoms with Crippen LogP contribution in [0.4, 0.5) is 0 Å². The zero-order valence-electron chi connectivity index (χ0n) is 12.4. The minimum absolute atomic E-state index is 0.591. The summed E-state index contributed by atoms with van der Waals surface area (Å²) in [6.07, 6.45) is 8.94. The third-order valence-corrected chi connectivity index (χ3v) is 5.14. The molecule has 20 heavy (non-hydrogen) atoms. The van der Waals surface area contributed by atoms with Crippen LogP contribution in [-0.4, -0.2) is 52.3 Å². The van der Waals surface area contributed by atoms with Gasteiger partial charge < -0.3 is 4.90 Å².